The van der Waals surface area contributed by atoms with Gasteiger partial charge in [-0.15, -0.1) is 0 Å². The van der Waals surface area contributed by atoms with E-state index in [-0.39, 0.29) is 5.54 Å². The molecule has 18 heavy (non-hydrogen) atoms. The van der Waals surface area contributed by atoms with Crippen molar-refractivity contribution < 1.29 is 4.74 Å². The van der Waals surface area contributed by atoms with Crippen molar-refractivity contribution in [3.63, 3.8) is 0 Å². The highest BCUT2D eigenvalue weighted by Crippen LogP contribution is 2.21. The third-order valence-electron chi connectivity index (χ3n) is 3.82. The predicted molar refractivity (Wildman–Crippen MR) is 75.2 cm³/mol. The second kappa shape index (κ2) is 5.72. The average Bonchev–Trinajstić information content (AvgIpc) is 2.37. The Balaban J connectivity index is 1.98. The molecule has 1 aliphatic heterocycles. The van der Waals surface area contributed by atoms with E-state index in [1.807, 2.05) is 12.1 Å². The molecule has 0 atom stereocenters. The average molecular weight is 248 g/mol. The largest absolute Gasteiger partial charge is 0.496 e. The van der Waals surface area contributed by atoms with Gasteiger partial charge in [-0.3, -0.25) is 4.90 Å². The van der Waals surface area contributed by atoms with Gasteiger partial charge in [-0.05, 0) is 31.9 Å². The summed E-state index contributed by atoms with van der Waals surface area (Å²) in [6.07, 6.45) is 1.05. The molecule has 3 heteroatoms. The maximum absolute atomic E-state index is 5.41. The smallest absolute Gasteiger partial charge is 0.122 e. The van der Waals surface area contributed by atoms with Crippen LogP contribution in [0.15, 0.2) is 24.3 Å². The summed E-state index contributed by atoms with van der Waals surface area (Å²) in [5.41, 5.74) is 1.55. The molecule has 1 fully saturated rings. The lowest BCUT2D eigenvalue weighted by molar-refractivity contribution is 0.0919. The Bertz CT molecular complexity index is 390. The van der Waals surface area contributed by atoms with Crippen LogP contribution in [0.2, 0.25) is 0 Å². The summed E-state index contributed by atoms with van der Waals surface area (Å²) < 4.78 is 5.41. The fraction of sp³-hybridized carbons (Fsp3) is 0.600. The Labute approximate surface area is 110 Å². The van der Waals surface area contributed by atoms with Crippen LogP contribution in [0.1, 0.15) is 19.4 Å². The second-order valence-corrected chi connectivity index (χ2v) is 5.54. The number of nitrogens with zero attached hydrogens (tertiary/aromatic N) is 1. The first-order chi connectivity index (χ1) is 8.63. The summed E-state index contributed by atoms with van der Waals surface area (Å²) in [7, 11) is 1.74. The monoisotopic (exact) mass is 248 g/mol. The molecule has 1 N–H and O–H groups in total. The summed E-state index contributed by atoms with van der Waals surface area (Å²) >= 11 is 0. The number of rotatable bonds is 4. The van der Waals surface area contributed by atoms with Crippen LogP contribution in [0.4, 0.5) is 0 Å². The van der Waals surface area contributed by atoms with E-state index in [1.165, 1.54) is 5.56 Å². The minimum Gasteiger partial charge on any atom is -0.496 e. The van der Waals surface area contributed by atoms with Crippen molar-refractivity contribution in [2.45, 2.75) is 25.8 Å². The van der Waals surface area contributed by atoms with Crippen LogP contribution in [-0.4, -0.2) is 43.7 Å². The molecule has 0 saturated carbocycles. The standard InChI is InChI=1S/C15H24N2O/c1-15(2)12-16-9-11-17(15)10-8-13-6-4-5-7-14(13)18-3/h4-7,16H,8-12H2,1-3H3. The zero-order chi connectivity index (χ0) is 13.0. The van der Waals surface area contributed by atoms with Crippen molar-refractivity contribution in [2.75, 3.05) is 33.3 Å². The molecular weight excluding hydrogens is 224 g/mol. The van der Waals surface area contributed by atoms with Crippen LogP contribution < -0.4 is 10.1 Å². The third kappa shape index (κ3) is 3.03. The van der Waals surface area contributed by atoms with Gasteiger partial charge < -0.3 is 10.1 Å². The summed E-state index contributed by atoms with van der Waals surface area (Å²) in [4.78, 5) is 2.57. The van der Waals surface area contributed by atoms with Crippen molar-refractivity contribution in [2.24, 2.45) is 0 Å². The van der Waals surface area contributed by atoms with Gasteiger partial charge in [0.1, 0.15) is 5.75 Å². The zero-order valence-corrected chi connectivity index (χ0v) is 11.7. The van der Waals surface area contributed by atoms with E-state index in [1.54, 1.807) is 7.11 Å². The van der Waals surface area contributed by atoms with Gasteiger partial charge in [0.05, 0.1) is 7.11 Å². The first-order valence-corrected chi connectivity index (χ1v) is 6.71. The van der Waals surface area contributed by atoms with Gasteiger partial charge in [-0.2, -0.15) is 0 Å². The van der Waals surface area contributed by atoms with Crippen LogP contribution in [0, 0.1) is 0 Å². The Morgan fingerprint density at radius 2 is 2.11 bits per heavy atom. The summed E-state index contributed by atoms with van der Waals surface area (Å²) in [6, 6.07) is 8.31. The number of hydrogen-bond acceptors (Lipinski definition) is 3. The molecule has 0 radical (unpaired) electrons. The molecule has 0 unspecified atom stereocenters. The fourth-order valence-corrected chi connectivity index (χ4v) is 2.60. The molecule has 1 aliphatic rings. The number of hydrogen-bond donors (Lipinski definition) is 1. The molecule has 0 amide bonds. The van der Waals surface area contributed by atoms with Crippen LogP contribution in [0.3, 0.4) is 0 Å². The topological polar surface area (TPSA) is 24.5 Å². The maximum atomic E-state index is 5.41. The number of nitrogens with one attached hydrogen (secondary N) is 1. The molecule has 3 nitrogen and oxygen atoms in total. The molecule has 100 valence electrons. The predicted octanol–water partition coefficient (Wildman–Crippen LogP) is 1.92. The normalized spacial score (nSPS) is 19.7. The quantitative estimate of drug-likeness (QED) is 0.881. The Kier molecular flexibility index (Phi) is 4.25. The van der Waals surface area contributed by atoms with Crippen LogP contribution >= 0.6 is 0 Å². The molecule has 1 saturated heterocycles. The lowest BCUT2D eigenvalue weighted by Gasteiger charge is -2.43. The van der Waals surface area contributed by atoms with Gasteiger partial charge in [0.2, 0.25) is 0 Å². The summed E-state index contributed by atoms with van der Waals surface area (Å²) in [6.45, 7) is 8.99. The van der Waals surface area contributed by atoms with E-state index in [0.29, 0.717) is 0 Å². The van der Waals surface area contributed by atoms with E-state index >= 15 is 0 Å². The van der Waals surface area contributed by atoms with Gasteiger partial charge in [-0.1, -0.05) is 18.2 Å². The van der Waals surface area contributed by atoms with Crippen molar-refractivity contribution in [3.05, 3.63) is 29.8 Å². The number of methoxy groups -OCH3 is 1. The Morgan fingerprint density at radius 1 is 1.33 bits per heavy atom. The number of para-hydroxylation sites is 1. The van der Waals surface area contributed by atoms with E-state index < -0.39 is 0 Å². The highest BCUT2D eigenvalue weighted by Gasteiger charge is 2.28. The Hall–Kier alpha value is -1.06. The highest BCUT2D eigenvalue weighted by molar-refractivity contribution is 5.33. The number of ether oxygens (including phenoxy) is 1. The van der Waals surface area contributed by atoms with Crippen LogP contribution in [-0.2, 0) is 6.42 Å². The van der Waals surface area contributed by atoms with Gasteiger partial charge >= 0.3 is 0 Å². The van der Waals surface area contributed by atoms with Crippen molar-refractivity contribution >= 4 is 0 Å². The molecule has 1 aromatic carbocycles. The van der Waals surface area contributed by atoms with Crippen LogP contribution in [0.5, 0.6) is 5.75 Å². The van der Waals surface area contributed by atoms with Gasteiger partial charge in [0, 0.05) is 31.7 Å². The molecule has 2 rings (SSSR count). The van der Waals surface area contributed by atoms with Crippen LogP contribution in [0.25, 0.3) is 0 Å². The van der Waals surface area contributed by atoms with E-state index in [0.717, 1.165) is 38.3 Å². The van der Waals surface area contributed by atoms with Gasteiger partial charge in [-0.25, -0.2) is 0 Å². The van der Waals surface area contributed by atoms with E-state index in [4.69, 9.17) is 4.74 Å². The molecule has 0 bridgehead atoms. The first kappa shape index (κ1) is 13.4. The van der Waals surface area contributed by atoms with Gasteiger partial charge in [0.15, 0.2) is 0 Å². The summed E-state index contributed by atoms with van der Waals surface area (Å²) in [5, 5.41) is 3.46. The van der Waals surface area contributed by atoms with Crippen molar-refractivity contribution in [1.82, 2.24) is 10.2 Å². The first-order valence-electron chi connectivity index (χ1n) is 6.71. The minimum atomic E-state index is 0.250. The Morgan fingerprint density at radius 3 is 2.83 bits per heavy atom. The number of benzene rings is 1. The van der Waals surface area contributed by atoms with E-state index in [2.05, 4.69) is 36.2 Å². The summed E-state index contributed by atoms with van der Waals surface area (Å²) in [5.74, 6) is 1.01. The lowest BCUT2D eigenvalue weighted by Crippen LogP contribution is -2.58. The zero-order valence-electron chi connectivity index (χ0n) is 11.7. The highest BCUT2D eigenvalue weighted by atomic mass is 16.5. The molecule has 0 spiro atoms. The SMILES string of the molecule is COc1ccccc1CCN1CCNCC1(C)C. The van der Waals surface area contributed by atoms with Crippen molar-refractivity contribution in [3.8, 4) is 5.75 Å². The lowest BCUT2D eigenvalue weighted by atomic mass is 9.99. The van der Waals surface area contributed by atoms with Crippen molar-refractivity contribution in [1.29, 1.82) is 0 Å². The molecule has 1 aromatic rings. The number of piperazine rings is 1. The molecule has 1 heterocycles. The molecule has 0 aromatic heterocycles. The van der Waals surface area contributed by atoms with Gasteiger partial charge in [0.25, 0.3) is 0 Å². The minimum absolute atomic E-state index is 0.250. The molecule has 0 aliphatic carbocycles. The second-order valence-electron chi connectivity index (χ2n) is 5.54. The third-order valence-corrected chi connectivity index (χ3v) is 3.82. The maximum Gasteiger partial charge on any atom is 0.122 e. The molecular formula is C15H24N2O. The van der Waals surface area contributed by atoms with E-state index in [9.17, 15) is 0 Å². The fourth-order valence-electron chi connectivity index (χ4n) is 2.60.